The molecule has 2 N–H and O–H groups in total. The third-order valence-electron chi connectivity index (χ3n) is 2.54. The smallest absolute Gasteiger partial charge is 0.226 e. The molecule has 7 heteroatoms. The van der Waals surface area contributed by atoms with E-state index in [1.165, 1.54) is 0 Å². The molecule has 0 bridgehead atoms. The van der Waals surface area contributed by atoms with Crippen LogP contribution in [0.1, 0.15) is 17.8 Å². The summed E-state index contributed by atoms with van der Waals surface area (Å²) in [5.74, 6) is 0.550. The first-order valence-electron chi connectivity index (χ1n) is 5.65. The third kappa shape index (κ3) is 2.65. The Hall–Kier alpha value is -1.53. The highest BCUT2D eigenvalue weighted by Crippen LogP contribution is 2.20. The number of hydrogen-bond donors (Lipinski definition) is 2. The number of aliphatic hydroxyl groups is 1. The van der Waals surface area contributed by atoms with Crippen LogP contribution in [0, 0.1) is 13.8 Å². The fraction of sp³-hybridized carbons (Fsp3) is 0.455. The fourth-order valence-corrected chi connectivity index (χ4v) is 1.66. The van der Waals surface area contributed by atoms with E-state index in [2.05, 4.69) is 25.3 Å². The standard InChI is InChI=1S/C11H14ClN5O/c1-6-7(2)15-10-8(14-6)9(13-4-3-5-18)16-11(12)17-10/h18H,3-5H2,1-2H3,(H,13,15,16,17). The number of aryl methyl sites for hydroxylation is 2. The number of rotatable bonds is 4. The minimum absolute atomic E-state index is 0.119. The zero-order valence-corrected chi connectivity index (χ0v) is 11.0. The summed E-state index contributed by atoms with van der Waals surface area (Å²) in [5.41, 5.74) is 2.72. The van der Waals surface area contributed by atoms with E-state index in [4.69, 9.17) is 16.7 Å². The number of aromatic nitrogens is 4. The van der Waals surface area contributed by atoms with Gasteiger partial charge in [-0.2, -0.15) is 9.97 Å². The molecule has 96 valence electrons. The Morgan fingerprint density at radius 1 is 1.11 bits per heavy atom. The molecule has 0 fully saturated rings. The highest BCUT2D eigenvalue weighted by Gasteiger charge is 2.10. The minimum Gasteiger partial charge on any atom is -0.396 e. The lowest BCUT2D eigenvalue weighted by Gasteiger charge is -2.08. The van der Waals surface area contributed by atoms with Gasteiger partial charge in [-0.1, -0.05) is 0 Å². The Kier molecular flexibility index (Phi) is 3.88. The molecule has 0 saturated heterocycles. The number of hydrogen-bond acceptors (Lipinski definition) is 6. The highest BCUT2D eigenvalue weighted by atomic mass is 35.5. The Bertz CT molecular complexity index is 575. The van der Waals surface area contributed by atoms with Gasteiger partial charge < -0.3 is 10.4 Å². The van der Waals surface area contributed by atoms with Gasteiger partial charge in [0.05, 0.1) is 11.4 Å². The maximum Gasteiger partial charge on any atom is 0.226 e. The summed E-state index contributed by atoms with van der Waals surface area (Å²) in [4.78, 5) is 16.9. The molecule has 0 saturated carbocycles. The molecule has 0 aromatic carbocycles. The van der Waals surface area contributed by atoms with Crippen molar-refractivity contribution in [3.8, 4) is 0 Å². The van der Waals surface area contributed by atoms with Crippen LogP contribution in [0.5, 0.6) is 0 Å². The molecule has 0 aliphatic rings. The predicted octanol–water partition coefficient (Wildman–Crippen LogP) is 1.48. The van der Waals surface area contributed by atoms with Gasteiger partial charge in [-0.3, -0.25) is 0 Å². The first kappa shape index (κ1) is 12.9. The van der Waals surface area contributed by atoms with Gasteiger partial charge in [-0.25, -0.2) is 9.97 Å². The first-order valence-corrected chi connectivity index (χ1v) is 6.03. The van der Waals surface area contributed by atoms with Crippen molar-refractivity contribution in [2.45, 2.75) is 20.3 Å². The first-order chi connectivity index (χ1) is 8.61. The van der Waals surface area contributed by atoms with E-state index < -0.39 is 0 Å². The van der Waals surface area contributed by atoms with E-state index in [0.29, 0.717) is 29.9 Å². The van der Waals surface area contributed by atoms with Crippen LogP contribution >= 0.6 is 11.6 Å². The van der Waals surface area contributed by atoms with E-state index in [1.807, 2.05) is 13.8 Å². The molecule has 18 heavy (non-hydrogen) atoms. The van der Waals surface area contributed by atoms with Gasteiger partial charge in [-0.15, -0.1) is 0 Å². The summed E-state index contributed by atoms with van der Waals surface area (Å²) in [6, 6.07) is 0. The van der Waals surface area contributed by atoms with Crippen molar-refractivity contribution in [1.29, 1.82) is 0 Å². The fourth-order valence-electron chi connectivity index (χ4n) is 1.49. The van der Waals surface area contributed by atoms with Crippen LogP contribution in [0.25, 0.3) is 11.2 Å². The SMILES string of the molecule is Cc1nc2nc(Cl)nc(NCCCO)c2nc1C. The number of fused-ring (bicyclic) bond motifs is 1. The topological polar surface area (TPSA) is 83.8 Å². The average Bonchev–Trinajstić information content (AvgIpc) is 2.32. The summed E-state index contributed by atoms with van der Waals surface area (Å²) in [6.07, 6.45) is 0.626. The van der Waals surface area contributed by atoms with E-state index in [1.54, 1.807) is 0 Å². The molecule has 2 rings (SSSR count). The summed E-state index contributed by atoms with van der Waals surface area (Å²) in [7, 11) is 0. The van der Waals surface area contributed by atoms with Gasteiger partial charge in [0.15, 0.2) is 17.0 Å². The van der Waals surface area contributed by atoms with Gasteiger partial charge in [0, 0.05) is 13.2 Å². The Morgan fingerprint density at radius 2 is 1.83 bits per heavy atom. The van der Waals surface area contributed by atoms with Crippen molar-refractivity contribution in [1.82, 2.24) is 19.9 Å². The average molecular weight is 268 g/mol. The molecule has 0 atom stereocenters. The quantitative estimate of drug-likeness (QED) is 0.645. The van der Waals surface area contributed by atoms with Crippen LogP contribution in [0.3, 0.4) is 0 Å². The maximum atomic E-state index is 8.77. The van der Waals surface area contributed by atoms with Crippen molar-refractivity contribution >= 4 is 28.6 Å². The zero-order chi connectivity index (χ0) is 13.1. The van der Waals surface area contributed by atoms with Gasteiger partial charge in [0.1, 0.15) is 0 Å². The Labute approximate surface area is 109 Å². The molecular formula is C11H14ClN5O. The minimum atomic E-state index is 0.119. The summed E-state index contributed by atoms with van der Waals surface area (Å²) < 4.78 is 0. The van der Waals surface area contributed by atoms with Crippen molar-refractivity contribution in [3.63, 3.8) is 0 Å². The zero-order valence-electron chi connectivity index (χ0n) is 10.2. The van der Waals surface area contributed by atoms with Gasteiger partial charge in [0.2, 0.25) is 5.28 Å². The molecule has 2 heterocycles. The van der Waals surface area contributed by atoms with Gasteiger partial charge in [-0.05, 0) is 31.9 Å². The molecule has 2 aromatic rings. The van der Waals surface area contributed by atoms with E-state index >= 15 is 0 Å². The predicted molar refractivity (Wildman–Crippen MR) is 69.8 cm³/mol. The maximum absolute atomic E-state index is 8.77. The summed E-state index contributed by atoms with van der Waals surface area (Å²) in [6.45, 7) is 4.46. The van der Waals surface area contributed by atoms with Crippen LogP contribution < -0.4 is 5.32 Å². The van der Waals surface area contributed by atoms with E-state index in [-0.39, 0.29) is 11.9 Å². The van der Waals surface area contributed by atoms with Crippen LogP contribution in [0.15, 0.2) is 0 Å². The lowest BCUT2D eigenvalue weighted by atomic mass is 10.3. The number of anilines is 1. The second-order valence-electron chi connectivity index (χ2n) is 3.91. The monoisotopic (exact) mass is 267 g/mol. The largest absolute Gasteiger partial charge is 0.396 e. The molecule has 0 amide bonds. The Balaban J connectivity index is 2.47. The molecule has 0 spiro atoms. The van der Waals surface area contributed by atoms with E-state index in [0.717, 1.165) is 11.4 Å². The lowest BCUT2D eigenvalue weighted by molar-refractivity contribution is 0.292. The molecule has 0 aliphatic carbocycles. The lowest BCUT2D eigenvalue weighted by Crippen LogP contribution is -2.08. The molecule has 2 aromatic heterocycles. The highest BCUT2D eigenvalue weighted by molar-refractivity contribution is 6.28. The second kappa shape index (κ2) is 5.41. The number of nitrogens with one attached hydrogen (secondary N) is 1. The van der Waals surface area contributed by atoms with Crippen molar-refractivity contribution < 1.29 is 5.11 Å². The van der Waals surface area contributed by atoms with Gasteiger partial charge >= 0.3 is 0 Å². The second-order valence-corrected chi connectivity index (χ2v) is 4.25. The molecule has 6 nitrogen and oxygen atoms in total. The van der Waals surface area contributed by atoms with Crippen LogP contribution in [0.2, 0.25) is 5.28 Å². The molecule has 0 unspecified atom stereocenters. The van der Waals surface area contributed by atoms with Crippen molar-refractivity contribution in [2.75, 3.05) is 18.5 Å². The van der Waals surface area contributed by atoms with Gasteiger partial charge in [0.25, 0.3) is 0 Å². The summed E-state index contributed by atoms with van der Waals surface area (Å²) in [5, 5.41) is 12.0. The molecular weight excluding hydrogens is 254 g/mol. The van der Waals surface area contributed by atoms with Crippen molar-refractivity contribution in [2.24, 2.45) is 0 Å². The molecule has 0 aliphatic heterocycles. The van der Waals surface area contributed by atoms with E-state index in [9.17, 15) is 0 Å². The normalized spacial score (nSPS) is 10.9. The van der Waals surface area contributed by atoms with Crippen LogP contribution in [-0.4, -0.2) is 38.2 Å². The number of aliphatic hydroxyl groups excluding tert-OH is 1. The summed E-state index contributed by atoms with van der Waals surface area (Å²) >= 11 is 5.85. The number of nitrogens with zero attached hydrogens (tertiary/aromatic N) is 4. The number of halogens is 1. The third-order valence-corrected chi connectivity index (χ3v) is 2.71. The van der Waals surface area contributed by atoms with Crippen LogP contribution in [0.4, 0.5) is 5.82 Å². The molecule has 0 radical (unpaired) electrons. The Morgan fingerprint density at radius 3 is 2.56 bits per heavy atom. The van der Waals surface area contributed by atoms with Crippen molar-refractivity contribution in [3.05, 3.63) is 16.7 Å². The van der Waals surface area contributed by atoms with Crippen LogP contribution in [-0.2, 0) is 0 Å².